The molecule has 0 saturated carbocycles. The number of rotatable bonds is 3. The summed E-state index contributed by atoms with van der Waals surface area (Å²) in [5, 5.41) is 1.15. The van der Waals surface area contributed by atoms with Crippen molar-refractivity contribution in [2.75, 3.05) is 0 Å². The first-order chi connectivity index (χ1) is 9.60. The maximum atomic E-state index is 4.43. The summed E-state index contributed by atoms with van der Waals surface area (Å²) in [6.45, 7) is 23.7. The van der Waals surface area contributed by atoms with Gasteiger partial charge >= 0.3 is 0 Å². The molecule has 0 bridgehead atoms. The van der Waals surface area contributed by atoms with Crippen LogP contribution in [-0.2, 0) is 0 Å². The van der Waals surface area contributed by atoms with Crippen LogP contribution in [0.4, 0.5) is 0 Å². The smallest absolute Gasteiger partial charge is 0.0963 e. The summed E-state index contributed by atoms with van der Waals surface area (Å²) in [4.78, 5) is 5.55. The van der Waals surface area contributed by atoms with E-state index in [2.05, 4.69) is 32.0 Å². The quantitative estimate of drug-likeness (QED) is 0.538. The molecule has 0 amide bonds. The number of nitrogens with zero attached hydrogens (tertiary/aromatic N) is 1. The molecule has 1 aromatic rings. The van der Waals surface area contributed by atoms with Crippen LogP contribution in [0.3, 0.4) is 0 Å². The van der Waals surface area contributed by atoms with Crippen molar-refractivity contribution in [3.05, 3.63) is 40.9 Å². The van der Waals surface area contributed by atoms with Crippen molar-refractivity contribution in [3.63, 3.8) is 0 Å². The summed E-state index contributed by atoms with van der Waals surface area (Å²) in [6, 6.07) is 0. The minimum Gasteiger partial charge on any atom is -0.241 e. The van der Waals surface area contributed by atoms with Gasteiger partial charge in [-0.05, 0) is 26.0 Å². The molecule has 2 heteroatoms. The minimum atomic E-state index is 0.488. The molecule has 0 aliphatic carbocycles. The lowest BCUT2D eigenvalue weighted by Crippen LogP contribution is -1.84. The molecule has 0 spiro atoms. The first-order valence-corrected chi connectivity index (χ1v) is 8.25. The second kappa shape index (κ2) is 17.8. The Labute approximate surface area is 131 Å². The van der Waals surface area contributed by atoms with Crippen LogP contribution in [0.5, 0.6) is 0 Å². The van der Waals surface area contributed by atoms with Gasteiger partial charge in [0.1, 0.15) is 0 Å². The van der Waals surface area contributed by atoms with E-state index in [-0.39, 0.29) is 0 Å². The zero-order chi connectivity index (χ0) is 16.6. The van der Waals surface area contributed by atoms with E-state index in [0.717, 1.165) is 15.6 Å². The standard InChI is InChI=1S/C10H13NS.C4H8.2C2H6/c1-5-8-9(6-2)12-10(11-8)7(3)4;1-3-4-2;2*1-2/h5-7H,1-2H2,3-4H3;3-4H,1-2H3;2*1-2H3/b;4-3-;;. The summed E-state index contributed by atoms with van der Waals surface area (Å²) in [7, 11) is 0. The Balaban J connectivity index is -0.000000306. The molecule has 0 aliphatic rings. The van der Waals surface area contributed by atoms with Gasteiger partial charge in [-0.15, -0.1) is 11.3 Å². The third kappa shape index (κ3) is 10.7. The fourth-order valence-electron chi connectivity index (χ4n) is 0.901. The zero-order valence-electron chi connectivity index (χ0n) is 14.7. The van der Waals surface area contributed by atoms with Crippen molar-refractivity contribution in [2.24, 2.45) is 0 Å². The third-order valence-electron chi connectivity index (χ3n) is 1.90. The zero-order valence-corrected chi connectivity index (χ0v) is 15.5. The Bertz CT molecular complexity index is 330. The van der Waals surface area contributed by atoms with Crippen LogP contribution in [-0.4, -0.2) is 4.98 Å². The topological polar surface area (TPSA) is 12.9 Å². The van der Waals surface area contributed by atoms with Gasteiger partial charge in [-0.1, -0.05) is 66.9 Å². The largest absolute Gasteiger partial charge is 0.241 e. The van der Waals surface area contributed by atoms with Crippen molar-refractivity contribution in [1.29, 1.82) is 0 Å². The van der Waals surface area contributed by atoms with Crippen LogP contribution in [0.25, 0.3) is 12.2 Å². The van der Waals surface area contributed by atoms with Crippen molar-refractivity contribution < 1.29 is 0 Å². The normalized spacial score (nSPS) is 8.65. The van der Waals surface area contributed by atoms with E-state index in [1.165, 1.54) is 0 Å². The molecule has 0 fully saturated rings. The van der Waals surface area contributed by atoms with E-state index in [4.69, 9.17) is 0 Å². The van der Waals surface area contributed by atoms with Crippen LogP contribution in [0.1, 0.15) is 76.9 Å². The van der Waals surface area contributed by atoms with E-state index >= 15 is 0 Å². The highest BCUT2D eigenvalue weighted by Crippen LogP contribution is 2.26. The fraction of sp³-hybridized carbons (Fsp3) is 0.500. The van der Waals surface area contributed by atoms with E-state index < -0.39 is 0 Å². The second-order valence-electron chi connectivity index (χ2n) is 3.53. The highest BCUT2D eigenvalue weighted by Gasteiger charge is 2.08. The predicted molar refractivity (Wildman–Crippen MR) is 99.6 cm³/mol. The average Bonchev–Trinajstić information content (AvgIpc) is 2.95. The first-order valence-electron chi connectivity index (χ1n) is 7.43. The summed E-state index contributed by atoms with van der Waals surface area (Å²) in [5.74, 6) is 0.488. The molecule has 116 valence electrons. The molecule has 0 aromatic carbocycles. The molecule has 1 nitrogen and oxygen atoms in total. The van der Waals surface area contributed by atoms with Crippen LogP contribution in [0.2, 0.25) is 0 Å². The van der Waals surface area contributed by atoms with Gasteiger partial charge in [0.15, 0.2) is 0 Å². The highest BCUT2D eigenvalue weighted by molar-refractivity contribution is 7.12. The van der Waals surface area contributed by atoms with E-state index in [1.54, 1.807) is 17.4 Å². The molecular formula is C18H33NS. The monoisotopic (exact) mass is 295 g/mol. The fourth-order valence-corrected chi connectivity index (χ4v) is 1.82. The van der Waals surface area contributed by atoms with Gasteiger partial charge in [0, 0.05) is 5.92 Å². The summed E-state index contributed by atoms with van der Waals surface area (Å²) < 4.78 is 0. The minimum absolute atomic E-state index is 0.488. The molecule has 0 radical (unpaired) electrons. The molecule has 0 unspecified atom stereocenters. The lowest BCUT2D eigenvalue weighted by molar-refractivity contribution is 0.851. The number of aromatic nitrogens is 1. The van der Waals surface area contributed by atoms with Crippen molar-refractivity contribution >= 4 is 23.5 Å². The Hall–Kier alpha value is -1.15. The van der Waals surface area contributed by atoms with Gasteiger partial charge in [0.25, 0.3) is 0 Å². The lowest BCUT2D eigenvalue weighted by atomic mass is 10.2. The summed E-state index contributed by atoms with van der Waals surface area (Å²) in [5.41, 5.74) is 0.957. The average molecular weight is 296 g/mol. The van der Waals surface area contributed by atoms with E-state index in [1.807, 2.05) is 59.8 Å². The van der Waals surface area contributed by atoms with Gasteiger partial charge in [-0.25, -0.2) is 4.98 Å². The van der Waals surface area contributed by atoms with Crippen LogP contribution < -0.4 is 0 Å². The maximum absolute atomic E-state index is 4.43. The Morgan fingerprint density at radius 3 is 1.60 bits per heavy atom. The van der Waals surface area contributed by atoms with Gasteiger partial charge in [-0.3, -0.25) is 0 Å². The van der Waals surface area contributed by atoms with Crippen molar-refractivity contribution in [3.8, 4) is 0 Å². The summed E-state index contributed by atoms with van der Waals surface area (Å²) in [6.07, 6.45) is 7.61. The molecule has 1 aromatic heterocycles. The molecule has 0 saturated heterocycles. The van der Waals surface area contributed by atoms with Gasteiger partial charge < -0.3 is 0 Å². The third-order valence-corrected chi connectivity index (χ3v) is 3.27. The van der Waals surface area contributed by atoms with Gasteiger partial charge in [0.05, 0.1) is 15.6 Å². The van der Waals surface area contributed by atoms with Crippen LogP contribution in [0, 0.1) is 0 Å². The van der Waals surface area contributed by atoms with Crippen molar-refractivity contribution in [1.82, 2.24) is 4.98 Å². The van der Waals surface area contributed by atoms with E-state index in [9.17, 15) is 0 Å². The molecule has 0 N–H and O–H groups in total. The summed E-state index contributed by atoms with van der Waals surface area (Å²) >= 11 is 1.69. The number of thiazole rings is 1. The number of allylic oxidation sites excluding steroid dienone is 2. The molecule has 20 heavy (non-hydrogen) atoms. The molecule has 0 aliphatic heterocycles. The molecule has 1 heterocycles. The Morgan fingerprint density at radius 2 is 1.40 bits per heavy atom. The molecular weight excluding hydrogens is 262 g/mol. The predicted octanol–water partition coefficient (Wildman–Crippen LogP) is 7.19. The Kier molecular flexibility index (Phi) is 21.3. The Morgan fingerprint density at radius 1 is 0.950 bits per heavy atom. The maximum Gasteiger partial charge on any atom is 0.0963 e. The van der Waals surface area contributed by atoms with Crippen LogP contribution in [0.15, 0.2) is 25.3 Å². The lowest BCUT2D eigenvalue weighted by Gasteiger charge is -1.94. The van der Waals surface area contributed by atoms with Gasteiger partial charge in [0.2, 0.25) is 0 Å². The SMILES string of the molecule is C/C=C\C.C=Cc1nc(C(C)C)sc1C=C.CC.CC. The number of hydrogen-bond acceptors (Lipinski definition) is 2. The highest BCUT2D eigenvalue weighted by atomic mass is 32.1. The van der Waals surface area contributed by atoms with Gasteiger partial charge in [-0.2, -0.15) is 0 Å². The van der Waals surface area contributed by atoms with Crippen molar-refractivity contribution in [2.45, 2.75) is 61.3 Å². The molecule has 1 rings (SSSR count). The second-order valence-corrected chi connectivity index (χ2v) is 4.59. The first kappa shape index (κ1) is 23.9. The molecule has 0 atom stereocenters. The van der Waals surface area contributed by atoms with Crippen LogP contribution >= 0.6 is 11.3 Å². The van der Waals surface area contributed by atoms with E-state index in [0.29, 0.717) is 5.92 Å². The number of hydrogen-bond donors (Lipinski definition) is 0.